The summed E-state index contributed by atoms with van der Waals surface area (Å²) in [7, 11) is -4.29. The number of hydrogen-bond donors (Lipinski definition) is 0. The molecule has 5 nitrogen and oxygen atoms in total. The third-order valence-corrected chi connectivity index (χ3v) is 6.89. The van der Waals surface area contributed by atoms with Crippen LogP contribution in [0.4, 0.5) is 23.4 Å². The highest BCUT2D eigenvalue weighted by Gasteiger charge is 2.36. The predicted octanol–water partition coefficient (Wildman–Crippen LogP) is 4.53. The van der Waals surface area contributed by atoms with E-state index in [1.807, 2.05) is 0 Å². The highest BCUT2D eigenvalue weighted by molar-refractivity contribution is 7.90. The molecule has 2 atom stereocenters. The van der Waals surface area contributed by atoms with E-state index in [0.717, 1.165) is 24.3 Å². The summed E-state index contributed by atoms with van der Waals surface area (Å²) in [5, 5.41) is 4.51. The van der Waals surface area contributed by atoms with Crippen molar-refractivity contribution in [2.75, 3.05) is 18.0 Å². The third kappa shape index (κ3) is 3.41. The number of nitrogens with zero attached hydrogens (tertiary/aromatic N) is 3. The lowest BCUT2D eigenvalue weighted by Crippen LogP contribution is -2.22. The quantitative estimate of drug-likeness (QED) is 0.535. The van der Waals surface area contributed by atoms with Gasteiger partial charge in [-0.1, -0.05) is 29.8 Å². The van der Waals surface area contributed by atoms with E-state index in [-0.39, 0.29) is 45.3 Å². The number of fused-ring (bicyclic) bond motifs is 1. The van der Waals surface area contributed by atoms with Gasteiger partial charge in [-0.3, -0.25) is 0 Å². The minimum Gasteiger partial charge on any atom is -0.348 e. The second kappa shape index (κ2) is 7.12. The van der Waals surface area contributed by atoms with Gasteiger partial charge in [-0.15, -0.1) is 5.10 Å². The van der Waals surface area contributed by atoms with E-state index < -0.39 is 28.3 Å². The van der Waals surface area contributed by atoms with Crippen molar-refractivity contribution in [1.29, 1.82) is 0 Å². The molecule has 2 unspecified atom stereocenters. The van der Waals surface area contributed by atoms with E-state index in [2.05, 4.69) is 5.10 Å². The maximum absolute atomic E-state index is 13.7. The minimum atomic E-state index is -4.29. The van der Waals surface area contributed by atoms with Crippen molar-refractivity contribution in [3.8, 4) is 0 Å². The Hall–Kier alpha value is -2.33. The zero-order valence-electron chi connectivity index (χ0n) is 15.6. The van der Waals surface area contributed by atoms with E-state index in [1.165, 1.54) is 23.1 Å². The lowest BCUT2D eigenvalue weighted by atomic mass is 10.1. The van der Waals surface area contributed by atoms with Crippen molar-refractivity contribution < 1.29 is 26.0 Å². The summed E-state index contributed by atoms with van der Waals surface area (Å²) in [5.74, 6) is -3.08. The van der Waals surface area contributed by atoms with Gasteiger partial charge in [0.15, 0.2) is 18.2 Å². The lowest BCUT2D eigenvalue weighted by molar-refractivity contribution is 0.0174. The number of alkyl halides is 4. The average molecular weight is 462 g/mol. The van der Waals surface area contributed by atoms with Crippen molar-refractivity contribution in [2.45, 2.75) is 30.1 Å². The van der Waals surface area contributed by atoms with E-state index in [1.54, 1.807) is 0 Å². The van der Waals surface area contributed by atoms with Gasteiger partial charge in [0.05, 0.1) is 33.9 Å². The Morgan fingerprint density at radius 1 is 1.07 bits per heavy atom. The fraction of sp³-hybridized carbons (Fsp3) is 0.316. The van der Waals surface area contributed by atoms with E-state index in [9.17, 15) is 26.0 Å². The average Bonchev–Trinajstić information content (AvgIpc) is 3.23. The summed E-state index contributed by atoms with van der Waals surface area (Å²) in [6.07, 6.45) is -3.46. The molecule has 30 heavy (non-hydrogen) atoms. The molecule has 2 aromatic carbocycles. The molecule has 160 valence electrons. The molecule has 0 saturated carbocycles. The molecule has 0 bridgehead atoms. The Bertz CT molecular complexity index is 1200. The Kier molecular flexibility index (Phi) is 4.97. The van der Waals surface area contributed by atoms with E-state index in [4.69, 9.17) is 11.6 Å². The second-order valence-corrected chi connectivity index (χ2v) is 9.33. The van der Waals surface area contributed by atoms with Crippen LogP contribution in [0.15, 0.2) is 47.4 Å². The van der Waals surface area contributed by atoms with Crippen molar-refractivity contribution in [1.82, 2.24) is 9.19 Å². The smallest absolute Gasteiger partial charge is 0.283 e. The van der Waals surface area contributed by atoms with Gasteiger partial charge < -0.3 is 4.90 Å². The Labute approximate surface area is 174 Å². The van der Waals surface area contributed by atoms with Crippen LogP contribution in [-0.2, 0) is 15.9 Å². The maximum atomic E-state index is 13.7. The summed E-state index contributed by atoms with van der Waals surface area (Å²) < 4.78 is 81.4. The summed E-state index contributed by atoms with van der Waals surface area (Å²) in [4.78, 5) is 1.04. The first-order valence-electron chi connectivity index (χ1n) is 8.94. The van der Waals surface area contributed by atoms with Crippen LogP contribution in [0.25, 0.3) is 10.9 Å². The lowest BCUT2D eigenvalue weighted by Gasteiger charge is -2.14. The monoisotopic (exact) mass is 461 g/mol. The normalized spacial score (nSPS) is 20.3. The Balaban J connectivity index is 1.86. The summed E-state index contributed by atoms with van der Waals surface area (Å²) in [6, 6.07) is 8.65. The van der Waals surface area contributed by atoms with Gasteiger partial charge in [0.1, 0.15) is 0 Å². The molecule has 3 aromatic rings. The molecule has 0 radical (unpaired) electrons. The van der Waals surface area contributed by atoms with Gasteiger partial charge in [0, 0.05) is 12.5 Å². The largest absolute Gasteiger partial charge is 0.348 e. The first-order valence-corrected chi connectivity index (χ1v) is 10.8. The van der Waals surface area contributed by atoms with Crippen LogP contribution in [0.1, 0.15) is 12.5 Å². The molecule has 1 aromatic heterocycles. The number of rotatable bonds is 4. The van der Waals surface area contributed by atoms with Crippen molar-refractivity contribution in [3.05, 3.63) is 53.1 Å². The molecular formula is C19H16ClF4N3O2S. The number of halogens is 5. The SMILES string of the molecule is CC(F)(F)c1ccc(S(=O)(=O)n2nc(N3CC(F)C(F)C3)c3c(Cl)cccc32)cc1. The van der Waals surface area contributed by atoms with Crippen molar-refractivity contribution in [3.63, 3.8) is 0 Å². The molecular weight excluding hydrogens is 446 g/mol. The summed E-state index contributed by atoms with van der Waals surface area (Å²) in [5.41, 5.74) is -0.226. The third-order valence-electron chi connectivity index (χ3n) is 4.98. The van der Waals surface area contributed by atoms with Crippen LogP contribution in [0.3, 0.4) is 0 Å². The topological polar surface area (TPSA) is 55.2 Å². The Morgan fingerprint density at radius 2 is 1.67 bits per heavy atom. The zero-order chi connectivity index (χ0) is 21.8. The van der Waals surface area contributed by atoms with E-state index >= 15 is 0 Å². The fourth-order valence-electron chi connectivity index (χ4n) is 3.40. The molecule has 2 heterocycles. The van der Waals surface area contributed by atoms with Gasteiger partial charge in [0.25, 0.3) is 15.9 Å². The molecule has 11 heteroatoms. The maximum Gasteiger partial charge on any atom is 0.283 e. The van der Waals surface area contributed by atoms with E-state index in [0.29, 0.717) is 11.0 Å². The van der Waals surface area contributed by atoms with Crippen LogP contribution in [0.5, 0.6) is 0 Å². The van der Waals surface area contributed by atoms with Gasteiger partial charge in [-0.25, -0.2) is 17.6 Å². The minimum absolute atomic E-state index is 0.0405. The molecule has 1 saturated heterocycles. The number of hydrogen-bond acceptors (Lipinski definition) is 4. The molecule has 4 rings (SSSR count). The fourth-order valence-corrected chi connectivity index (χ4v) is 4.93. The summed E-state index contributed by atoms with van der Waals surface area (Å²) >= 11 is 6.25. The van der Waals surface area contributed by atoms with Crippen molar-refractivity contribution >= 4 is 38.3 Å². The van der Waals surface area contributed by atoms with Crippen molar-refractivity contribution in [2.24, 2.45) is 0 Å². The zero-order valence-corrected chi connectivity index (χ0v) is 17.1. The predicted molar refractivity (Wildman–Crippen MR) is 105 cm³/mol. The number of anilines is 1. The molecule has 0 spiro atoms. The first kappa shape index (κ1) is 20.9. The Morgan fingerprint density at radius 3 is 2.23 bits per heavy atom. The summed E-state index contributed by atoms with van der Waals surface area (Å²) in [6.45, 7) is 0.121. The van der Waals surface area contributed by atoms with Gasteiger partial charge >= 0.3 is 0 Å². The van der Waals surface area contributed by atoms with Gasteiger partial charge in [-0.2, -0.15) is 12.5 Å². The number of aromatic nitrogens is 2. The number of benzene rings is 2. The molecule has 1 fully saturated rings. The molecule has 0 aliphatic carbocycles. The van der Waals surface area contributed by atoms with Crippen LogP contribution < -0.4 is 4.90 Å². The molecule has 0 amide bonds. The highest BCUT2D eigenvalue weighted by Crippen LogP contribution is 2.36. The van der Waals surface area contributed by atoms with Crippen LogP contribution >= 0.6 is 11.6 Å². The van der Waals surface area contributed by atoms with Gasteiger partial charge in [-0.05, 0) is 24.3 Å². The van der Waals surface area contributed by atoms with Crippen LogP contribution in [-0.4, -0.2) is 43.0 Å². The molecule has 0 N–H and O–H groups in total. The highest BCUT2D eigenvalue weighted by atomic mass is 35.5. The first-order chi connectivity index (χ1) is 14.0. The van der Waals surface area contributed by atoms with Gasteiger partial charge in [0.2, 0.25) is 0 Å². The second-order valence-electron chi connectivity index (χ2n) is 7.16. The standard InChI is InChI=1S/C19H16ClF4N3O2S/c1-19(23,24)11-5-7-12(8-6-11)30(28,29)27-16-4-2-3-13(20)17(16)18(25-27)26-9-14(21)15(22)10-26/h2-8,14-15H,9-10H2,1H3. The van der Waals surface area contributed by atoms with Crippen LogP contribution in [0.2, 0.25) is 5.02 Å². The van der Waals surface area contributed by atoms with Crippen LogP contribution in [0, 0.1) is 0 Å². The molecule has 1 aliphatic heterocycles. The molecule has 1 aliphatic rings.